The topological polar surface area (TPSA) is 103 Å². The number of amides is 2. The number of hydrazone groups is 2. The van der Waals surface area contributed by atoms with Crippen molar-refractivity contribution >= 4 is 41.7 Å². The van der Waals surface area contributed by atoms with Gasteiger partial charge in [-0.3, -0.25) is 0 Å². The number of hydrogen-bond donors (Lipinski definition) is 2. The van der Waals surface area contributed by atoms with Crippen molar-refractivity contribution in [1.82, 2.24) is 10.9 Å². The van der Waals surface area contributed by atoms with Gasteiger partial charge in [0.15, 0.2) is 23.0 Å². The molecule has 0 heterocycles. The van der Waals surface area contributed by atoms with Gasteiger partial charge in [-0.1, -0.05) is 23.2 Å². The molecule has 2 N–H and O–H groups in total. The highest BCUT2D eigenvalue weighted by molar-refractivity contribution is 6.33. The predicted octanol–water partition coefficient (Wildman–Crippen LogP) is 5.25. The quantitative estimate of drug-likeness (QED) is 0.335. The van der Waals surface area contributed by atoms with Crippen LogP contribution in [-0.4, -0.2) is 44.9 Å². The Bertz CT molecular complexity index is 977. The molecule has 2 amide bonds. The zero-order valence-corrected chi connectivity index (χ0v) is 21.3. The standard InChI is InChI=1S/C23H28Cl2N4O5/c1-13(2)33-19-9-15(7-17(24)21(19)31-5)11-26-28-23(30)29-27-12-16-8-18(25)22(32-6)20(10-16)34-14(3)4/h7-14H,1-6H3,(H2,28,29,30)/b26-11-,27-12?. The molecule has 0 bridgehead atoms. The minimum atomic E-state index is -0.649. The lowest BCUT2D eigenvalue weighted by atomic mass is 10.2. The first kappa shape index (κ1) is 27.1. The first-order valence-corrected chi connectivity index (χ1v) is 11.1. The van der Waals surface area contributed by atoms with E-state index < -0.39 is 6.03 Å². The van der Waals surface area contributed by atoms with Crippen LogP contribution in [0.2, 0.25) is 10.0 Å². The molecular formula is C23H28Cl2N4O5. The Kier molecular flexibility index (Phi) is 10.3. The Hall–Kier alpha value is -3.17. The number of carbonyl (C=O) groups is 1. The van der Waals surface area contributed by atoms with E-state index in [0.717, 1.165) is 0 Å². The monoisotopic (exact) mass is 510 g/mol. The van der Waals surface area contributed by atoms with Crippen LogP contribution in [0.4, 0.5) is 4.79 Å². The van der Waals surface area contributed by atoms with Gasteiger partial charge in [-0.15, -0.1) is 0 Å². The first-order valence-electron chi connectivity index (χ1n) is 10.3. The van der Waals surface area contributed by atoms with Gasteiger partial charge in [0.05, 0.1) is 48.9 Å². The molecule has 2 rings (SSSR count). The minimum absolute atomic E-state index is 0.0764. The number of methoxy groups -OCH3 is 2. The van der Waals surface area contributed by atoms with E-state index in [-0.39, 0.29) is 12.2 Å². The van der Waals surface area contributed by atoms with E-state index in [0.29, 0.717) is 44.2 Å². The zero-order valence-electron chi connectivity index (χ0n) is 19.8. The van der Waals surface area contributed by atoms with Crippen LogP contribution in [0.1, 0.15) is 38.8 Å². The SMILES string of the molecule is COc1c(Cl)cc(C=NNC(=O)N/N=C\c2cc(Cl)c(OC)c(OC(C)C)c2)cc1OC(C)C. The molecule has 11 heteroatoms. The summed E-state index contributed by atoms with van der Waals surface area (Å²) in [7, 11) is 3.01. The summed E-state index contributed by atoms with van der Waals surface area (Å²) in [6, 6.07) is 6.04. The molecule has 2 aromatic carbocycles. The lowest BCUT2D eigenvalue weighted by Crippen LogP contribution is -2.28. The van der Waals surface area contributed by atoms with Gasteiger partial charge in [0.25, 0.3) is 0 Å². The predicted molar refractivity (Wildman–Crippen MR) is 134 cm³/mol. The van der Waals surface area contributed by atoms with Crippen molar-refractivity contribution in [3.63, 3.8) is 0 Å². The average Bonchev–Trinajstić information content (AvgIpc) is 2.73. The number of carbonyl (C=O) groups excluding carboxylic acids is 1. The van der Waals surface area contributed by atoms with E-state index in [1.54, 1.807) is 24.3 Å². The Morgan fingerprint density at radius 3 is 1.50 bits per heavy atom. The molecule has 0 spiro atoms. The number of halogens is 2. The van der Waals surface area contributed by atoms with Crippen molar-refractivity contribution in [3.05, 3.63) is 45.4 Å². The van der Waals surface area contributed by atoms with Crippen LogP contribution in [0.3, 0.4) is 0 Å². The molecule has 184 valence electrons. The highest BCUT2D eigenvalue weighted by atomic mass is 35.5. The highest BCUT2D eigenvalue weighted by Crippen LogP contribution is 2.37. The van der Waals surface area contributed by atoms with Crippen molar-refractivity contribution in [2.45, 2.75) is 39.9 Å². The molecule has 0 aromatic heterocycles. The van der Waals surface area contributed by atoms with Gasteiger partial charge in [-0.2, -0.15) is 10.2 Å². The molecule has 0 atom stereocenters. The Morgan fingerprint density at radius 1 is 0.794 bits per heavy atom. The van der Waals surface area contributed by atoms with E-state index in [1.807, 2.05) is 27.7 Å². The maximum absolute atomic E-state index is 12.0. The van der Waals surface area contributed by atoms with E-state index in [4.69, 9.17) is 42.1 Å². The van der Waals surface area contributed by atoms with Gasteiger partial charge in [-0.05, 0) is 63.1 Å². The Balaban J connectivity index is 2.02. The molecule has 0 saturated carbocycles. The molecule has 0 unspecified atom stereocenters. The third-order valence-electron chi connectivity index (χ3n) is 3.96. The molecule has 34 heavy (non-hydrogen) atoms. The summed E-state index contributed by atoms with van der Waals surface area (Å²) in [5.41, 5.74) is 5.84. The number of ether oxygens (including phenoxy) is 4. The van der Waals surface area contributed by atoms with Gasteiger partial charge in [0.1, 0.15) is 0 Å². The van der Waals surface area contributed by atoms with E-state index >= 15 is 0 Å². The van der Waals surface area contributed by atoms with Gasteiger partial charge in [-0.25, -0.2) is 15.6 Å². The number of rotatable bonds is 10. The molecule has 2 aromatic rings. The van der Waals surface area contributed by atoms with E-state index in [9.17, 15) is 4.79 Å². The summed E-state index contributed by atoms with van der Waals surface area (Å²) < 4.78 is 22.0. The van der Waals surface area contributed by atoms with Crippen molar-refractivity contribution in [1.29, 1.82) is 0 Å². The van der Waals surface area contributed by atoms with Crippen LogP contribution >= 0.6 is 23.2 Å². The number of nitrogens with zero attached hydrogens (tertiary/aromatic N) is 2. The number of benzene rings is 2. The molecule has 9 nitrogen and oxygen atoms in total. The van der Waals surface area contributed by atoms with Crippen molar-refractivity contribution in [3.8, 4) is 23.0 Å². The Morgan fingerprint density at radius 2 is 1.18 bits per heavy atom. The van der Waals surface area contributed by atoms with Crippen LogP contribution in [0.5, 0.6) is 23.0 Å². The summed E-state index contributed by atoms with van der Waals surface area (Å²) in [4.78, 5) is 12.0. The molecule has 0 radical (unpaired) electrons. The summed E-state index contributed by atoms with van der Waals surface area (Å²) in [6.07, 6.45) is 2.68. The highest BCUT2D eigenvalue weighted by Gasteiger charge is 2.13. The minimum Gasteiger partial charge on any atom is -0.491 e. The fraction of sp³-hybridized carbons (Fsp3) is 0.348. The third kappa shape index (κ3) is 8.00. The van der Waals surface area contributed by atoms with Crippen molar-refractivity contribution in [2.24, 2.45) is 10.2 Å². The summed E-state index contributed by atoms with van der Waals surface area (Å²) in [5.74, 6) is 1.79. The van der Waals surface area contributed by atoms with Crippen LogP contribution in [0, 0.1) is 0 Å². The second-order valence-electron chi connectivity index (χ2n) is 7.47. The molecular weight excluding hydrogens is 483 g/mol. The van der Waals surface area contributed by atoms with Crippen molar-refractivity contribution < 1.29 is 23.7 Å². The Labute approximate surface area is 209 Å². The first-order chi connectivity index (χ1) is 16.1. The fourth-order valence-electron chi connectivity index (χ4n) is 2.76. The normalized spacial score (nSPS) is 11.4. The largest absolute Gasteiger partial charge is 0.491 e. The zero-order chi connectivity index (χ0) is 25.3. The lowest BCUT2D eigenvalue weighted by molar-refractivity contribution is 0.230. The molecule has 0 saturated heterocycles. The number of nitrogens with one attached hydrogen (secondary N) is 2. The maximum atomic E-state index is 12.0. The average molecular weight is 511 g/mol. The number of hydrogen-bond acceptors (Lipinski definition) is 7. The van der Waals surface area contributed by atoms with Crippen LogP contribution in [0.15, 0.2) is 34.5 Å². The smallest absolute Gasteiger partial charge is 0.355 e. The second-order valence-corrected chi connectivity index (χ2v) is 8.28. The molecule has 0 fully saturated rings. The summed E-state index contributed by atoms with van der Waals surface area (Å²) in [5, 5.41) is 8.50. The van der Waals surface area contributed by atoms with Gasteiger partial charge < -0.3 is 18.9 Å². The fourth-order valence-corrected chi connectivity index (χ4v) is 3.35. The molecule has 0 aliphatic carbocycles. The number of urea groups is 1. The van der Waals surface area contributed by atoms with Gasteiger partial charge in [0, 0.05) is 0 Å². The third-order valence-corrected chi connectivity index (χ3v) is 4.52. The van der Waals surface area contributed by atoms with Crippen LogP contribution < -0.4 is 29.8 Å². The van der Waals surface area contributed by atoms with Crippen molar-refractivity contribution in [2.75, 3.05) is 14.2 Å². The van der Waals surface area contributed by atoms with E-state index in [1.165, 1.54) is 26.6 Å². The van der Waals surface area contributed by atoms with E-state index in [2.05, 4.69) is 21.1 Å². The van der Waals surface area contributed by atoms with Crippen LogP contribution in [0.25, 0.3) is 0 Å². The lowest BCUT2D eigenvalue weighted by Gasteiger charge is -2.15. The summed E-state index contributed by atoms with van der Waals surface area (Å²) in [6.45, 7) is 7.55. The summed E-state index contributed by atoms with van der Waals surface area (Å²) >= 11 is 12.5. The van der Waals surface area contributed by atoms with Gasteiger partial charge >= 0.3 is 6.03 Å². The van der Waals surface area contributed by atoms with Gasteiger partial charge in [0.2, 0.25) is 0 Å². The second kappa shape index (κ2) is 12.9. The molecule has 0 aliphatic heterocycles. The molecule has 0 aliphatic rings. The van der Waals surface area contributed by atoms with Crippen LogP contribution in [-0.2, 0) is 0 Å². The maximum Gasteiger partial charge on any atom is 0.355 e.